The standard InChI is InChI=1S/C18H16FNO3/c19-13-3-1-2-4-14(13)20-17(21)18(7-8-18)12-5-6-15-16(11-12)23-10-9-22-15/h1-6,11H,7-10H2,(H,20,21). The quantitative estimate of drug-likeness (QED) is 0.946. The number of fused-ring (bicyclic) bond motifs is 1. The minimum atomic E-state index is -0.599. The van der Waals surface area contributed by atoms with Crippen molar-refractivity contribution in [2.45, 2.75) is 18.3 Å². The molecule has 1 amide bonds. The van der Waals surface area contributed by atoms with Crippen LogP contribution in [0.2, 0.25) is 0 Å². The summed E-state index contributed by atoms with van der Waals surface area (Å²) in [7, 11) is 0. The van der Waals surface area contributed by atoms with Crippen LogP contribution in [0.1, 0.15) is 18.4 Å². The highest BCUT2D eigenvalue weighted by Crippen LogP contribution is 2.50. The summed E-state index contributed by atoms with van der Waals surface area (Å²) in [4.78, 5) is 12.7. The molecule has 0 unspecified atom stereocenters. The molecule has 0 atom stereocenters. The molecule has 0 aromatic heterocycles. The predicted molar refractivity (Wildman–Crippen MR) is 83.4 cm³/mol. The van der Waals surface area contributed by atoms with Gasteiger partial charge >= 0.3 is 0 Å². The molecule has 1 saturated carbocycles. The van der Waals surface area contributed by atoms with Gasteiger partial charge in [-0.25, -0.2) is 4.39 Å². The van der Waals surface area contributed by atoms with Crippen LogP contribution >= 0.6 is 0 Å². The number of hydrogen-bond donors (Lipinski definition) is 1. The Hall–Kier alpha value is -2.56. The predicted octanol–water partition coefficient (Wildman–Crippen LogP) is 3.27. The van der Waals surface area contributed by atoms with E-state index in [0.717, 1.165) is 18.4 Å². The lowest BCUT2D eigenvalue weighted by atomic mass is 9.94. The zero-order valence-electron chi connectivity index (χ0n) is 12.5. The molecule has 0 radical (unpaired) electrons. The Balaban J connectivity index is 1.61. The number of anilines is 1. The van der Waals surface area contributed by atoms with Crippen molar-refractivity contribution in [1.29, 1.82) is 0 Å². The van der Waals surface area contributed by atoms with E-state index in [2.05, 4.69) is 5.32 Å². The van der Waals surface area contributed by atoms with E-state index >= 15 is 0 Å². The number of para-hydroxylation sites is 1. The SMILES string of the molecule is O=C(Nc1ccccc1F)C1(c2ccc3c(c2)OCCO3)CC1. The number of hydrogen-bond acceptors (Lipinski definition) is 3. The summed E-state index contributed by atoms with van der Waals surface area (Å²) < 4.78 is 24.8. The molecule has 1 aliphatic heterocycles. The highest BCUT2D eigenvalue weighted by molar-refractivity contribution is 6.01. The molecular weight excluding hydrogens is 297 g/mol. The number of carbonyl (C=O) groups is 1. The van der Waals surface area contributed by atoms with Crippen LogP contribution in [0.5, 0.6) is 11.5 Å². The second-order valence-electron chi connectivity index (χ2n) is 5.87. The molecule has 1 fully saturated rings. The molecular formula is C18H16FNO3. The topological polar surface area (TPSA) is 47.6 Å². The summed E-state index contributed by atoms with van der Waals surface area (Å²) in [5.74, 6) is 0.752. The van der Waals surface area contributed by atoms with Gasteiger partial charge in [-0.15, -0.1) is 0 Å². The van der Waals surface area contributed by atoms with Crippen LogP contribution in [0.4, 0.5) is 10.1 Å². The summed E-state index contributed by atoms with van der Waals surface area (Å²) >= 11 is 0. The lowest BCUT2D eigenvalue weighted by Crippen LogP contribution is -2.28. The molecule has 1 heterocycles. The number of carbonyl (C=O) groups excluding carboxylic acids is 1. The van der Waals surface area contributed by atoms with Crippen molar-refractivity contribution >= 4 is 11.6 Å². The van der Waals surface area contributed by atoms with Crippen LogP contribution in [0.3, 0.4) is 0 Å². The van der Waals surface area contributed by atoms with Crippen LogP contribution in [0, 0.1) is 5.82 Å². The van der Waals surface area contributed by atoms with Crippen molar-refractivity contribution in [3.63, 3.8) is 0 Å². The Bertz CT molecular complexity index is 771. The summed E-state index contributed by atoms with van der Waals surface area (Å²) in [5, 5.41) is 2.71. The lowest BCUT2D eigenvalue weighted by molar-refractivity contribution is -0.118. The minimum Gasteiger partial charge on any atom is -0.486 e. The largest absolute Gasteiger partial charge is 0.486 e. The Labute approximate surface area is 133 Å². The van der Waals surface area contributed by atoms with Gasteiger partial charge in [-0.3, -0.25) is 4.79 Å². The maximum absolute atomic E-state index is 13.7. The van der Waals surface area contributed by atoms with Gasteiger partial charge in [0.2, 0.25) is 5.91 Å². The Kier molecular flexibility index (Phi) is 3.22. The van der Waals surface area contributed by atoms with Crippen molar-refractivity contribution in [1.82, 2.24) is 0 Å². The van der Waals surface area contributed by atoms with E-state index in [0.29, 0.717) is 24.7 Å². The third-order valence-electron chi connectivity index (χ3n) is 4.40. The van der Waals surface area contributed by atoms with E-state index in [9.17, 15) is 9.18 Å². The molecule has 2 aromatic rings. The average molecular weight is 313 g/mol. The Morgan fingerprint density at radius 2 is 1.78 bits per heavy atom. The molecule has 4 nitrogen and oxygen atoms in total. The van der Waals surface area contributed by atoms with Gasteiger partial charge in [0.25, 0.3) is 0 Å². The molecule has 2 aromatic carbocycles. The normalized spacial score (nSPS) is 17.4. The second-order valence-corrected chi connectivity index (χ2v) is 5.87. The van der Waals surface area contributed by atoms with E-state index < -0.39 is 11.2 Å². The van der Waals surface area contributed by atoms with Crippen molar-refractivity contribution in [3.05, 3.63) is 53.8 Å². The first kappa shape index (κ1) is 14.1. The van der Waals surface area contributed by atoms with Gasteiger partial charge in [0.05, 0.1) is 11.1 Å². The number of halogens is 1. The van der Waals surface area contributed by atoms with Crippen LogP contribution in [0.15, 0.2) is 42.5 Å². The van der Waals surface area contributed by atoms with Gasteiger partial charge in [0, 0.05) is 0 Å². The van der Waals surface area contributed by atoms with Gasteiger partial charge in [-0.2, -0.15) is 0 Å². The van der Waals surface area contributed by atoms with E-state index in [-0.39, 0.29) is 11.6 Å². The van der Waals surface area contributed by atoms with Crippen LogP contribution < -0.4 is 14.8 Å². The average Bonchev–Trinajstić information content (AvgIpc) is 3.38. The minimum absolute atomic E-state index is 0.181. The maximum Gasteiger partial charge on any atom is 0.235 e. The molecule has 23 heavy (non-hydrogen) atoms. The molecule has 5 heteroatoms. The maximum atomic E-state index is 13.7. The highest BCUT2D eigenvalue weighted by atomic mass is 19.1. The van der Waals surface area contributed by atoms with Crippen molar-refractivity contribution in [2.75, 3.05) is 18.5 Å². The molecule has 0 spiro atoms. The number of amides is 1. The fourth-order valence-corrected chi connectivity index (χ4v) is 2.92. The first-order valence-electron chi connectivity index (χ1n) is 7.65. The summed E-state index contributed by atoms with van der Waals surface area (Å²) in [5.41, 5.74) is 0.495. The van der Waals surface area contributed by atoms with Gasteiger partial charge in [-0.1, -0.05) is 18.2 Å². The summed E-state index contributed by atoms with van der Waals surface area (Å²) in [6.07, 6.45) is 1.49. The first-order valence-corrected chi connectivity index (χ1v) is 7.65. The smallest absolute Gasteiger partial charge is 0.235 e. The fraction of sp³-hybridized carbons (Fsp3) is 0.278. The third kappa shape index (κ3) is 2.42. The number of nitrogens with one attached hydrogen (secondary N) is 1. The molecule has 0 bridgehead atoms. The van der Waals surface area contributed by atoms with Crippen molar-refractivity contribution < 1.29 is 18.7 Å². The fourth-order valence-electron chi connectivity index (χ4n) is 2.92. The number of benzene rings is 2. The monoisotopic (exact) mass is 313 g/mol. The van der Waals surface area contributed by atoms with Gasteiger partial charge in [-0.05, 0) is 42.7 Å². The van der Waals surface area contributed by atoms with E-state index in [4.69, 9.17) is 9.47 Å². The van der Waals surface area contributed by atoms with E-state index in [1.807, 2.05) is 18.2 Å². The molecule has 118 valence electrons. The van der Waals surface area contributed by atoms with Gasteiger partial charge < -0.3 is 14.8 Å². The van der Waals surface area contributed by atoms with Gasteiger partial charge in [0.1, 0.15) is 19.0 Å². The first-order chi connectivity index (χ1) is 11.2. The molecule has 4 rings (SSSR count). The van der Waals surface area contributed by atoms with Crippen LogP contribution in [-0.4, -0.2) is 19.1 Å². The molecule has 1 N–H and O–H groups in total. The highest BCUT2D eigenvalue weighted by Gasteiger charge is 2.51. The third-order valence-corrected chi connectivity index (χ3v) is 4.40. The Morgan fingerprint density at radius 3 is 2.52 bits per heavy atom. The van der Waals surface area contributed by atoms with E-state index in [1.165, 1.54) is 6.07 Å². The van der Waals surface area contributed by atoms with Crippen molar-refractivity contribution in [3.8, 4) is 11.5 Å². The summed E-state index contributed by atoms with van der Waals surface area (Å²) in [6.45, 7) is 1.04. The number of rotatable bonds is 3. The Morgan fingerprint density at radius 1 is 1.04 bits per heavy atom. The van der Waals surface area contributed by atoms with Crippen LogP contribution in [0.25, 0.3) is 0 Å². The zero-order valence-corrected chi connectivity index (χ0v) is 12.5. The molecule has 0 saturated heterocycles. The second kappa shape index (κ2) is 5.26. The summed E-state index contributed by atoms with van der Waals surface area (Å²) in [6, 6.07) is 11.8. The molecule has 1 aliphatic carbocycles. The van der Waals surface area contributed by atoms with Gasteiger partial charge in [0.15, 0.2) is 11.5 Å². The van der Waals surface area contributed by atoms with Crippen LogP contribution in [-0.2, 0) is 10.2 Å². The lowest BCUT2D eigenvalue weighted by Gasteiger charge is -2.21. The van der Waals surface area contributed by atoms with Crippen molar-refractivity contribution in [2.24, 2.45) is 0 Å². The zero-order chi connectivity index (χ0) is 15.9. The molecule has 2 aliphatic rings. The number of ether oxygens (including phenoxy) is 2. The van der Waals surface area contributed by atoms with E-state index in [1.54, 1.807) is 18.2 Å².